The quantitative estimate of drug-likeness (QED) is 0.633. The highest BCUT2D eigenvalue weighted by molar-refractivity contribution is 5.79. The van der Waals surface area contributed by atoms with Gasteiger partial charge in [0.15, 0.2) is 0 Å². The first-order valence-electron chi connectivity index (χ1n) is 6.23. The molecule has 0 spiro atoms. The van der Waals surface area contributed by atoms with Crippen molar-refractivity contribution in [1.82, 2.24) is 10.6 Å². The fourth-order valence-electron chi connectivity index (χ4n) is 2.05. The van der Waals surface area contributed by atoms with E-state index >= 15 is 0 Å². The molecule has 0 bridgehead atoms. The molecule has 1 rings (SSSR count). The minimum Gasteiger partial charge on any atom is -0.385 e. The second kappa shape index (κ2) is 7.63. The van der Waals surface area contributed by atoms with Gasteiger partial charge >= 0.3 is 0 Å². The minimum atomic E-state index is 0.166. The van der Waals surface area contributed by atoms with E-state index in [-0.39, 0.29) is 11.8 Å². The lowest BCUT2D eigenvalue weighted by atomic mass is 9.97. The topological polar surface area (TPSA) is 50.4 Å². The molecule has 2 unspecified atom stereocenters. The third kappa shape index (κ3) is 4.49. The molecule has 1 heterocycles. The maximum atomic E-state index is 11.8. The molecule has 94 valence electrons. The summed E-state index contributed by atoms with van der Waals surface area (Å²) in [5.74, 6) is 0.844. The van der Waals surface area contributed by atoms with Crippen molar-refractivity contribution in [3.63, 3.8) is 0 Å². The Morgan fingerprint density at radius 2 is 2.19 bits per heavy atom. The van der Waals surface area contributed by atoms with E-state index in [1.807, 2.05) is 0 Å². The third-order valence-electron chi connectivity index (χ3n) is 3.18. The van der Waals surface area contributed by atoms with E-state index in [4.69, 9.17) is 4.74 Å². The molecule has 1 aliphatic rings. The second-order valence-electron chi connectivity index (χ2n) is 4.59. The average molecular weight is 228 g/mol. The van der Waals surface area contributed by atoms with Gasteiger partial charge in [0.25, 0.3) is 0 Å². The zero-order valence-corrected chi connectivity index (χ0v) is 10.4. The van der Waals surface area contributed by atoms with Gasteiger partial charge in [-0.3, -0.25) is 4.79 Å². The van der Waals surface area contributed by atoms with Gasteiger partial charge in [-0.05, 0) is 31.7 Å². The first kappa shape index (κ1) is 13.5. The van der Waals surface area contributed by atoms with Gasteiger partial charge in [-0.1, -0.05) is 6.92 Å². The Morgan fingerprint density at radius 1 is 1.38 bits per heavy atom. The summed E-state index contributed by atoms with van der Waals surface area (Å²) in [7, 11) is 1.72. The second-order valence-corrected chi connectivity index (χ2v) is 4.59. The molecule has 0 saturated carbocycles. The molecule has 1 fully saturated rings. The Bertz CT molecular complexity index is 209. The van der Waals surface area contributed by atoms with Crippen molar-refractivity contribution in [2.75, 3.05) is 33.4 Å². The molecule has 0 aromatic rings. The summed E-state index contributed by atoms with van der Waals surface area (Å²) in [6.07, 6.45) is 3.24. The summed E-state index contributed by atoms with van der Waals surface area (Å²) in [5, 5.41) is 6.26. The molecular weight excluding hydrogens is 204 g/mol. The van der Waals surface area contributed by atoms with Crippen LogP contribution in [0.25, 0.3) is 0 Å². The Balaban J connectivity index is 2.02. The van der Waals surface area contributed by atoms with Crippen LogP contribution in [0.2, 0.25) is 0 Å². The van der Waals surface area contributed by atoms with Crippen LogP contribution in [0.4, 0.5) is 0 Å². The van der Waals surface area contributed by atoms with Gasteiger partial charge in [0.1, 0.15) is 0 Å². The average Bonchev–Trinajstić information content (AvgIpc) is 2.69. The number of ether oxygens (including phenoxy) is 1. The summed E-state index contributed by atoms with van der Waals surface area (Å²) in [4.78, 5) is 11.8. The number of hydrogen-bond acceptors (Lipinski definition) is 3. The summed E-state index contributed by atoms with van der Waals surface area (Å²) < 4.78 is 4.97. The first-order chi connectivity index (χ1) is 7.75. The van der Waals surface area contributed by atoms with Crippen LogP contribution in [0.3, 0.4) is 0 Å². The summed E-state index contributed by atoms with van der Waals surface area (Å²) in [6.45, 7) is 5.54. The molecule has 2 atom stereocenters. The SMILES string of the molecule is COCCCCCNC(=O)C1CNCC1C. The summed E-state index contributed by atoms with van der Waals surface area (Å²) >= 11 is 0. The predicted octanol–water partition coefficient (Wildman–Crippen LogP) is 0.775. The maximum absolute atomic E-state index is 11.8. The van der Waals surface area contributed by atoms with E-state index < -0.39 is 0 Å². The van der Waals surface area contributed by atoms with Crippen molar-refractivity contribution in [3.05, 3.63) is 0 Å². The molecule has 1 amide bonds. The van der Waals surface area contributed by atoms with Crippen LogP contribution >= 0.6 is 0 Å². The highest BCUT2D eigenvalue weighted by atomic mass is 16.5. The van der Waals surface area contributed by atoms with Gasteiger partial charge in [-0.2, -0.15) is 0 Å². The van der Waals surface area contributed by atoms with Gasteiger partial charge in [0.2, 0.25) is 5.91 Å². The first-order valence-corrected chi connectivity index (χ1v) is 6.23. The van der Waals surface area contributed by atoms with Crippen molar-refractivity contribution in [2.45, 2.75) is 26.2 Å². The lowest BCUT2D eigenvalue weighted by Crippen LogP contribution is -2.34. The fraction of sp³-hybridized carbons (Fsp3) is 0.917. The van der Waals surface area contributed by atoms with E-state index in [0.29, 0.717) is 5.92 Å². The lowest BCUT2D eigenvalue weighted by Gasteiger charge is -2.13. The Hall–Kier alpha value is -0.610. The Kier molecular flexibility index (Phi) is 6.42. The number of nitrogens with one attached hydrogen (secondary N) is 2. The predicted molar refractivity (Wildman–Crippen MR) is 64.3 cm³/mol. The normalized spacial score (nSPS) is 24.6. The lowest BCUT2D eigenvalue weighted by molar-refractivity contribution is -0.125. The molecule has 4 heteroatoms. The van der Waals surface area contributed by atoms with Crippen molar-refractivity contribution >= 4 is 5.91 Å². The van der Waals surface area contributed by atoms with Gasteiger partial charge in [0.05, 0.1) is 5.92 Å². The zero-order chi connectivity index (χ0) is 11.8. The number of carbonyl (C=O) groups excluding carboxylic acids is 1. The van der Waals surface area contributed by atoms with Crippen LogP contribution in [-0.2, 0) is 9.53 Å². The molecule has 0 radical (unpaired) electrons. The monoisotopic (exact) mass is 228 g/mol. The molecule has 0 aliphatic carbocycles. The van der Waals surface area contributed by atoms with Crippen molar-refractivity contribution < 1.29 is 9.53 Å². The van der Waals surface area contributed by atoms with Gasteiger partial charge in [-0.15, -0.1) is 0 Å². The molecule has 1 aliphatic heterocycles. The van der Waals surface area contributed by atoms with Crippen LogP contribution in [-0.4, -0.2) is 39.3 Å². The zero-order valence-electron chi connectivity index (χ0n) is 10.4. The molecule has 16 heavy (non-hydrogen) atoms. The number of amides is 1. The fourth-order valence-corrected chi connectivity index (χ4v) is 2.05. The summed E-state index contributed by atoms with van der Waals surface area (Å²) in [6, 6.07) is 0. The van der Waals surface area contributed by atoms with Crippen LogP contribution in [0.5, 0.6) is 0 Å². The van der Waals surface area contributed by atoms with E-state index in [9.17, 15) is 4.79 Å². The van der Waals surface area contributed by atoms with E-state index in [1.54, 1.807) is 7.11 Å². The largest absolute Gasteiger partial charge is 0.385 e. The Morgan fingerprint density at radius 3 is 2.81 bits per heavy atom. The van der Waals surface area contributed by atoms with E-state index in [2.05, 4.69) is 17.6 Å². The molecule has 2 N–H and O–H groups in total. The number of carbonyl (C=O) groups is 1. The van der Waals surface area contributed by atoms with Crippen LogP contribution in [0, 0.1) is 11.8 Å². The van der Waals surface area contributed by atoms with E-state index in [0.717, 1.165) is 45.5 Å². The number of hydrogen-bond donors (Lipinski definition) is 2. The minimum absolute atomic E-state index is 0.166. The van der Waals surface area contributed by atoms with Crippen molar-refractivity contribution in [1.29, 1.82) is 0 Å². The standard InChI is InChI=1S/C12H24N2O2/c1-10-8-13-9-11(10)12(15)14-6-4-3-5-7-16-2/h10-11,13H,3-9H2,1-2H3,(H,14,15). The number of unbranched alkanes of at least 4 members (excludes halogenated alkanes) is 2. The van der Waals surface area contributed by atoms with Gasteiger partial charge < -0.3 is 15.4 Å². The van der Waals surface area contributed by atoms with Gasteiger partial charge in [-0.25, -0.2) is 0 Å². The molecule has 4 nitrogen and oxygen atoms in total. The van der Waals surface area contributed by atoms with Crippen molar-refractivity contribution in [3.8, 4) is 0 Å². The highest BCUT2D eigenvalue weighted by Crippen LogP contribution is 2.15. The smallest absolute Gasteiger partial charge is 0.224 e. The highest BCUT2D eigenvalue weighted by Gasteiger charge is 2.28. The van der Waals surface area contributed by atoms with Gasteiger partial charge in [0, 0.05) is 26.8 Å². The molecule has 0 aromatic carbocycles. The molecule has 0 aromatic heterocycles. The number of methoxy groups -OCH3 is 1. The molecular formula is C12H24N2O2. The van der Waals surface area contributed by atoms with Crippen LogP contribution in [0.1, 0.15) is 26.2 Å². The van der Waals surface area contributed by atoms with Crippen LogP contribution in [0.15, 0.2) is 0 Å². The third-order valence-corrected chi connectivity index (χ3v) is 3.18. The Labute approximate surface area is 98.1 Å². The maximum Gasteiger partial charge on any atom is 0.224 e. The molecule has 1 saturated heterocycles. The summed E-state index contributed by atoms with van der Waals surface area (Å²) in [5.41, 5.74) is 0. The van der Waals surface area contributed by atoms with Crippen molar-refractivity contribution in [2.24, 2.45) is 11.8 Å². The number of rotatable bonds is 7. The van der Waals surface area contributed by atoms with E-state index in [1.165, 1.54) is 0 Å². The van der Waals surface area contributed by atoms with Crippen LogP contribution < -0.4 is 10.6 Å².